The van der Waals surface area contributed by atoms with Crippen molar-refractivity contribution < 1.29 is 9.53 Å². The fourth-order valence-electron chi connectivity index (χ4n) is 2.56. The molecule has 0 aromatic heterocycles. The first-order valence-electron chi connectivity index (χ1n) is 9.56. The molecule has 0 spiro atoms. The van der Waals surface area contributed by atoms with Crippen molar-refractivity contribution >= 4 is 5.97 Å². The maximum absolute atomic E-state index is 10.6. The zero-order valence-corrected chi connectivity index (χ0v) is 16.2. The first kappa shape index (κ1) is 22.2. The lowest BCUT2D eigenvalue weighted by Crippen LogP contribution is -2.01. The summed E-state index contributed by atoms with van der Waals surface area (Å²) in [5.41, 5.74) is 2.80. The van der Waals surface area contributed by atoms with Gasteiger partial charge in [-0.05, 0) is 23.6 Å². The monoisotopic (exact) mass is 363 g/mol. The van der Waals surface area contributed by atoms with Crippen molar-refractivity contribution in [2.75, 3.05) is 6.61 Å². The summed E-state index contributed by atoms with van der Waals surface area (Å²) in [7, 11) is 0. The van der Waals surface area contributed by atoms with Gasteiger partial charge in [0.25, 0.3) is 0 Å². The van der Waals surface area contributed by atoms with Crippen LogP contribution in [0.1, 0.15) is 51.0 Å². The van der Waals surface area contributed by atoms with Crippen molar-refractivity contribution in [1.82, 2.24) is 0 Å². The minimum absolute atomic E-state index is 0.312. The summed E-state index contributed by atoms with van der Waals surface area (Å²) < 4.78 is 4.84. The molecule has 0 aliphatic carbocycles. The highest BCUT2D eigenvalue weighted by atomic mass is 16.5. The first-order valence-corrected chi connectivity index (χ1v) is 9.56. The summed E-state index contributed by atoms with van der Waals surface area (Å²) in [5, 5.41) is 8.93. The summed E-state index contributed by atoms with van der Waals surface area (Å²) in [6.07, 6.45) is 8.47. The van der Waals surface area contributed by atoms with Crippen LogP contribution in [0.25, 0.3) is 11.1 Å². The maximum Gasteiger partial charge on any atom is 0.330 e. The number of benzene rings is 2. The zero-order chi connectivity index (χ0) is 19.7. The molecule has 2 aromatic rings. The molecule has 27 heavy (non-hydrogen) atoms. The molecule has 0 unspecified atom stereocenters. The average Bonchev–Trinajstić information content (AvgIpc) is 2.74. The molecule has 0 heterocycles. The largest absolute Gasteiger partial charge is 0.463 e. The Balaban J connectivity index is 0.000000271. The Morgan fingerprint density at radius 1 is 1.00 bits per heavy atom. The third kappa shape index (κ3) is 9.42. The van der Waals surface area contributed by atoms with Crippen LogP contribution in [0.2, 0.25) is 0 Å². The Kier molecular flexibility index (Phi) is 11.8. The van der Waals surface area contributed by atoms with E-state index < -0.39 is 0 Å². The van der Waals surface area contributed by atoms with Gasteiger partial charge >= 0.3 is 5.97 Å². The number of esters is 1. The molecular weight excluding hydrogens is 334 g/mol. The second kappa shape index (κ2) is 14.3. The van der Waals surface area contributed by atoms with Gasteiger partial charge < -0.3 is 4.74 Å². The van der Waals surface area contributed by atoms with Gasteiger partial charge in [0.15, 0.2) is 0 Å². The topological polar surface area (TPSA) is 50.1 Å². The second-order valence-corrected chi connectivity index (χ2v) is 6.16. The van der Waals surface area contributed by atoms with Crippen LogP contribution in [0.5, 0.6) is 0 Å². The molecule has 0 saturated carbocycles. The molecule has 0 radical (unpaired) electrons. The molecule has 3 nitrogen and oxygen atoms in total. The number of carbonyl (C=O) groups excluding carboxylic acids is 1. The molecule has 0 amide bonds. The fourth-order valence-corrected chi connectivity index (χ4v) is 2.56. The van der Waals surface area contributed by atoms with Crippen LogP contribution >= 0.6 is 0 Å². The van der Waals surface area contributed by atoms with Crippen LogP contribution in [0.4, 0.5) is 0 Å². The van der Waals surface area contributed by atoms with Gasteiger partial charge in [-0.25, -0.2) is 4.79 Å². The Bertz CT molecular complexity index is 717. The van der Waals surface area contributed by atoms with E-state index in [9.17, 15) is 4.79 Å². The molecule has 2 aromatic carbocycles. The highest BCUT2D eigenvalue weighted by Crippen LogP contribution is 2.22. The van der Waals surface area contributed by atoms with E-state index in [1.165, 1.54) is 31.8 Å². The quantitative estimate of drug-likeness (QED) is 0.298. The number of rotatable bonds is 9. The molecule has 142 valence electrons. The van der Waals surface area contributed by atoms with E-state index in [2.05, 4.69) is 19.6 Å². The smallest absolute Gasteiger partial charge is 0.330 e. The van der Waals surface area contributed by atoms with E-state index >= 15 is 0 Å². The summed E-state index contributed by atoms with van der Waals surface area (Å²) >= 11 is 0. The highest BCUT2D eigenvalue weighted by molar-refractivity contribution is 5.81. The van der Waals surface area contributed by atoms with Crippen molar-refractivity contribution in [3.8, 4) is 17.2 Å². The molecule has 0 fully saturated rings. The lowest BCUT2D eigenvalue weighted by Gasteiger charge is -2.02. The Labute approximate surface area is 163 Å². The first-order chi connectivity index (χ1) is 13.2. The number of nitriles is 1. The van der Waals surface area contributed by atoms with E-state index in [1.54, 1.807) is 0 Å². The van der Waals surface area contributed by atoms with Crippen LogP contribution in [0, 0.1) is 11.3 Å². The van der Waals surface area contributed by atoms with Crippen molar-refractivity contribution in [3.05, 3.63) is 72.8 Å². The van der Waals surface area contributed by atoms with E-state index in [-0.39, 0.29) is 5.97 Å². The molecule has 0 N–H and O–H groups in total. The number of hydrogen-bond donors (Lipinski definition) is 0. The predicted molar refractivity (Wildman–Crippen MR) is 111 cm³/mol. The van der Waals surface area contributed by atoms with Crippen molar-refractivity contribution in [2.45, 2.75) is 45.4 Å². The Morgan fingerprint density at radius 2 is 1.63 bits per heavy atom. The third-order valence-electron chi connectivity index (χ3n) is 4.04. The van der Waals surface area contributed by atoms with Gasteiger partial charge in [-0.2, -0.15) is 5.26 Å². The van der Waals surface area contributed by atoms with E-state index in [1.807, 2.05) is 54.6 Å². The molecule has 0 aliphatic rings. The highest BCUT2D eigenvalue weighted by Gasteiger charge is 2.01. The molecule has 0 atom stereocenters. The molecule has 0 bridgehead atoms. The number of ether oxygens (including phenoxy) is 1. The summed E-state index contributed by atoms with van der Waals surface area (Å²) in [5.74, 6) is -0.312. The minimum Gasteiger partial charge on any atom is -0.463 e. The Morgan fingerprint density at radius 3 is 2.30 bits per heavy atom. The molecular formula is C24H29NO2. The third-order valence-corrected chi connectivity index (χ3v) is 4.04. The molecule has 2 rings (SSSR count). The van der Waals surface area contributed by atoms with Gasteiger partial charge in [-0.3, -0.25) is 0 Å². The summed E-state index contributed by atoms with van der Waals surface area (Å²) in [4.78, 5) is 10.6. The number of carbonyl (C=O) groups is 1. The number of unbranched alkanes of at least 4 members (excludes halogenated alkanes) is 5. The zero-order valence-electron chi connectivity index (χ0n) is 16.2. The lowest BCUT2D eigenvalue weighted by molar-refractivity contribution is -0.137. The molecule has 3 heteroatoms. The van der Waals surface area contributed by atoms with Crippen molar-refractivity contribution in [1.29, 1.82) is 5.26 Å². The van der Waals surface area contributed by atoms with Crippen molar-refractivity contribution in [2.24, 2.45) is 0 Å². The standard InChI is InChI=1S/C13H9N.C11H20O2/c14-10-12-8-4-5-9-13(12)11-6-2-1-3-7-11;1-3-5-6-7-8-9-10-13-11(12)4-2/h1-9H;4H,2-3,5-10H2,1H3. The lowest BCUT2D eigenvalue weighted by atomic mass is 10.0. The van der Waals surface area contributed by atoms with E-state index in [4.69, 9.17) is 10.00 Å². The SMILES string of the molecule is C=CC(=O)OCCCCCCCC.N#Cc1ccccc1-c1ccccc1. The van der Waals surface area contributed by atoms with Gasteiger partial charge in [-0.1, -0.05) is 94.1 Å². The van der Waals surface area contributed by atoms with Crippen LogP contribution in [-0.4, -0.2) is 12.6 Å². The fraction of sp³-hybridized carbons (Fsp3) is 0.333. The average molecular weight is 364 g/mol. The van der Waals surface area contributed by atoms with Gasteiger partial charge in [0.2, 0.25) is 0 Å². The van der Waals surface area contributed by atoms with Gasteiger partial charge in [0.1, 0.15) is 0 Å². The predicted octanol–water partition coefficient (Wildman–Crippen LogP) is 6.30. The molecule has 0 saturated heterocycles. The molecule has 0 aliphatic heterocycles. The normalized spacial score (nSPS) is 9.48. The summed E-state index contributed by atoms with van der Waals surface area (Å²) in [6, 6.07) is 19.8. The van der Waals surface area contributed by atoms with Gasteiger partial charge in [-0.15, -0.1) is 0 Å². The second-order valence-electron chi connectivity index (χ2n) is 6.16. The summed E-state index contributed by atoms with van der Waals surface area (Å²) in [6.45, 7) is 6.06. The van der Waals surface area contributed by atoms with Gasteiger partial charge in [0, 0.05) is 6.08 Å². The van der Waals surface area contributed by atoms with Crippen molar-refractivity contribution in [3.63, 3.8) is 0 Å². The Hall–Kier alpha value is -2.86. The van der Waals surface area contributed by atoms with E-state index in [0.717, 1.165) is 29.5 Å². The van der Waals surface area contributed by atoms with Gasteiger partial charge in [0.05, 0.1) is 18.2 Å². The van der Waals surface area contributed by atoms with E-state index in [0.29, 0.717) is 6.61 Å². The maximum atomic E-state index is 10.6. The van der Waals surface area contributed by atoms with Crippen LogP contribution in [0.3, 0.4) is 0 Å². The van der Waals surface area contributed by atoms with Crippen LogP contribution in [0.15, 0.2) is 67.3 Å². The number of nitrogens with zero attached hydrogens (tertiary/aromatic N) is 1. The van der Waals surface area contributed by atoms with Crippen LogP contribution in [-0.2, 0) is 9.53 Å². The minimum atomic E-state index is -0.312. The van der Waals surface area contributed by atoms with Crippen LogP contribution < -0.4 is 0 Å². The number of hydrogen-bond acceptors (Lipinski definition) is 3.